The van der Waals surface area contributed by atoms with E-state index in [-0.39, 0.29) is 18.3 Å². The van der Waals surface area contributed by atoms with E-state index in [1.807, 2.05) is 24.3 Å². The summed E-state index contributed by atoms with van der Waals surface area (Å²) in [6, 6.07) is 14.0. The van der Waals surface area contributed by atoms with Gasteiger partial charge < -0.3 is 10.4 Å². The minimum atomic E-state index is -1.04. The molecule has 0 heterocycles. The second-order valence-electron chi connectivity index (χ2n) is 6.60. The SMILES string of the molecule is C/C(=C/C(=O)NCC1(O)CCCc2ccccc21)c1cccc(F)c1. The molecule has 2 N–H and O–H groups in total. The zero-order valence-electron chi connectivity index (χ0n) is 14.3. The third-order valence-corrected chi connectivity index (χ3v) is 4.74. The summed E-state index contributed by atoms with van der Waals surface area (Å²) < 4.78 is 13.3. The third-order valence-electron chi connectivity index (χ3n) is 4.74. The van der Waals surface area contributed by atoms with Crippen LogP contribution in [0.25, 0.3) is 5.57 Å². The van der Waals surface area contributed by atoms with Crippen LogP contribution in [0.15, 0.2) is 54.6 Å². The van der Waals surface area contributed by atoms with Crippen LogP contribution < -0.4 is 5.32 Å². The Balaban J connectivity index is 1.69. The minimum absolute atomic E-state index is 0.162. The number of carbonyl (C=O) groups excluding carboxylic acids is 1. The molecule has 1 atom stereocenters. The first kappa shape index (κ1) is 17.4. The number of aliphatic hydroxyl groups is 1. The highest BCUT2D eigenvalue weighted by Gasteiger charge is 2.34. The highest BCUT2D eigenvalue weighted by atomic mass is 19.1. The fourth-order valence-electron chi connectivity index (χ4n) is 3.38. The highest BCUT2D eigenvalue weighted by molar-refractivity contribution is 5.94. The summed E-state index contributed by atoms with van der Waals surface area (Å²) in [5, 5.41) is 13.8. The molecule has 0 fully saturated rings. The van der Waals surface area contributed by atoms with Crippen molar-refractivity contribution in [1.82, 2.24) is 5.32 Å². The molecule has 0 bridgehead atoms. The Kier molecular flexibility index (Phi) is 5.00. The van der Waals surface area contributed by atoms with Gasteiger partial charge in [-0.05, 0) is 60.6 Å². The Hall–Kier alpha value is -2.46. The first-order chi connectivity index (χ1) is 12.0. The van der Waals surface area contributed by atoms with Crippen LogP contribution in [0.5, 0.6) is 0 Å². The van der Waals surface area contributed by atoms with Gasteiger partial charge in [0, 0.05) is 6.08 Å². The average molecular weight is 339 g/mol. The predicted molar refractivity (Wildman–Crippen MR) is 96.3 cm³/mol. The Morgan fingerprint density at radius 3 is 2.88 bits per heavy atom. The monoisotopic (exact) mass is 339 g/mol. The summed E-state index contributed by atoms with van der Waals surface area (Å²) >= 11 is 0. The van der Waals surface area contributed by atoms with E-state index < -0.39 is 5.60 Å². The Morgan fingerprint density at radius 1 is 1.28 bits per heavy atom. The molecule has 1 aliphatic carbocycles. The van der Waals surface area contributed by atoms with Crippen molar-refractivity contribution in [3.63, 3.8) is 0 Å². The summed E-state index contributed by atoms with van der Waals surface area (Å²) in [6.45, 7) is 1.93. The summed E-state index contributed by atoms with van der Waals surface area (Å²) in [4.78, 5) is 12.2. The zero-order chi connectivity index (χ0) is 17.9. The minimum Gasteiger partial charge on any atom is -0.383 e. The average Bonchev–Trinajstić information content (AvgIpc) is 2.60. The van der Waals surface area contributed by atoms with Crippen molar-refractivity contribution in [2.45, 2.75) is 31.8 Å². The van der Waals surface area contributed by atoms with Gasteiger partial charge in [-0.3, -0.25) is 4.79 Å². The van der Waals surface area contributed by atoms with Crippen molar-refractivity contribution >= 4 is 11.5 Å². The lowest BCUT2D eigenvalue weighted by Crippen LogP contribution is -2.42. The standard InChI is InChI=1S/C21H22FNO2/c1-15(17-7-4-9-18(22)13-17)12-20(24)23-14-21(25)11-5-8-16-6-2-3-10-19(16)21/h2-4,6-7,9-10,12-13,25H,5,8,11,14H2,1H3,(H,23,24)/b15-12-. The molecule has 0 radical (unpaired) electrons. The quantitative estimate of drug-likeness (QED) is 0.837. The molecule has 130 valence electrons. The van der Waals surface area contributed by atoms with Gasteiger partial charge in [-0.1, -0.05) is 36.4 Å². The largest absolute Gasteiger partial charge is 0.383 e. The molecule has 3 rings (SSSR count). The van der Waals surface area contributed by atoms with Crippen molar-refractivity contribution in [2.24, 2.45) is 0 Å². The molecule has 2 aromatic carbocycles. The van der Waals surface area contributed by atoms with Crippen LogP contribution in [0.4, 0.5) is 4.39 Å². The summed E-state index contributed by atoms with van der Waals surface area (Å²) in [5.41, 5.74) is 2.33. The normalized spacial score (nSPS) is 20.0. The van der Waals surface area contributed by atoms with Crippen LogP contribution in [0, 0.1) is 5.82 Å². The van der Waals surface area contributed by atoms with Gasteiger partial charge in [0.25, 0.3) is 0 Å². The number of fused-ring (bicyclic) bond motifs is 1. The van der Waals surface area contributed by atoms with Crippen LogP contribution >= 0.6 is 0 Å². The van der Waals surface area contributed by atoms with E-state index in [9.17, 15) is 14.3 Å². The second-order valence-corrected chi connectivity index (χ2v) is 6.60. The van der Waals surface area contributed by atoms with E-state index in [2.05, 4.69) is 5.32 Å². The van der Waals surface area contributed by atoms with Crippen LogP contribution in [0.3, 0.4) is 0 Å². The molecule has 0 aromatic heterocycles. The van der Waals surface area contributed by atoms with Crippen LogP contribution in [-0.4, -0.2) is 17.6 Å². The molecule has 25 heavy (non-hydrogen) atoms. The number of hydrogen-bond acceptors (Lipinski definition) is 2. The zero-order valence-corrected chi connectivity index (χ0v) is 14.3. The van der Waals surface area contributed by atoms with E-state index in [1.54, 1.807) is 19.1 Å². The van der Waals surface area contributed by atoms with Gasteiger partial charge in [-0.25, -0.2) is 4.39 Å². The fourth-order valence-corrected chi connectivity index (χ4v) is 3.38. The molecule has 1 amide bonds. The van der Waals surface area contributed by atoms with Crippen molar-refractivity contribution in [1.29, 1.82) is 0 Å². The number of halogens is 1. The number of aryl methyl sites for hydroxylation is 1. The predicted octanol–water partition coefficient (Wildman–Crippen LogP) is 3.57. The van der Waals surface area contributed by atoms with Crippen molar-refractivity contribution in [3.05, 3.63) is 77.1 Å². The van der Waals surface area contributed by atoms with Gasteiger partial charge in [-0.15, -0.1) is 0 Å². The molecule has 1 unspecified atom stereocenters. The molecular weight excluding hydrogens is 317 g/mol. The van der Waals surface area contributed by atoms with Gasteiger partial charge in [-0.2, -0.15) is 0 Å². The lowest BCUT2D eigenvalue weighted by molar-refractivity contribution is -0.118. The lowest BCUT2D eigenvalue weighted by atomic mass is 9.79. The second kappa shape index (κ2) is 7.19. The topological polar surface area (TPSA) is 49.3 Å². The smallest absolute Gasteiger partial charge is 0.244 e. The van der Waals surface area contributed by atoms with Gasteiger partial charge in [0.15, 0.2) is 0 Å². The number of hydrogen-bond donors (Lipinski definition) is 2. The van der Waals surface area contributed by atoms with Crippen LogP contribution in [0.2, 0.25) is 0 Å². The molecule has 1 aliphatic rings. The first-order valence-electron chi connectivity index (χ1n) is 8.51. The molecule has 0 saturated carbocycles. The number of amides is 1. The fraction of sp³-hybridized carbons (Fsp3) is 0.286. The van der Waals surface area contributed by atoms with Gasteiger partial charge in [0.1, 0.15) is 11.4 Å². The van der Waals surface area contributed by atoms with Crippen molar-refractivity contribution in [2.75, 3.05) is 6.54 Å². The molecule has 0 spiro atoms. The number of benzene rings is 2. The summed E-state index contributed by atoms with van der Waals surface area (Å²) in [5.74, 6) is -0.628. The molecule has 3 nitrogen and oxygen atoms in total. The molecule has 0 saturated heterocycles. The lowest BCUT2D eigenvalue weighted by Gasteiger charge is -2.34. The maximum atomic E-state index is 13.3. The summed E-state index contributed by atoms with van der Waals surface area (Å²) in [6.07, 6.45) is 3.90. The van der Waals surface area contributed by atoms with E-state index in [0.717, 1.165) is 24.0 Å². The maximum Gasteiger partial charge on any atom is 0.244 e. The van der Waals surface area contributed by atoms with Gasteiger partial charge in [0.2, 0.25) is 5.91 Å². The van der Waals surface area contributed by atoms with E-state index in [4.69, 9.17) is 0 Å². The third kappa shape index (κ3) is 3.97. The molecule has 0 aliphatic heterocycles. The van der Waals surface area contributed by atoms with E-state index in [0.29, 0.717) is 17.6 Å². The van der Waals surface area contributed by atoms with Crippen molar-refractivity contribution < 1.29 is 14.3 Å². The maximum absolute atomic E-state index is 13.3. The number of nitrogens with one attached hydrogen (secondary N) is 1. The molecule has 2 aromatic rings. The Morgan fingerprint density at radius 2 is 2.08 bits per heavy atom. The molecular formula is C21H22FNO2. The Labute approximate surface area is 147 Å². The van der Waals surface area contributed by atoms with Gasteiger partial charge >= 0.3 is 0 Å². The number of rotatable bonds is 4. The van der Waals surface area contributed by atoms with Crippen LogP contribution in [0.1, 0.15) is 36.5 Å². The van der Waals surface area contributed by atoms with E-state index >= 15 is 0 Å². The summed E-state index contributed by atoms with van der Waals surface area (Å²) in [7, 11) is 0. The molecule has 4 heteroatoms. The van der Waals surface area contributed by atoms with E-state index in [1.165, 1.54) is 18.2 Å². The highest BCUT2D eigenvalue weighted by Crippen LogP contribution is 2.34. The first-order valence-corrected chi connectivity index (χ1v) is 8.51. The Bertz CT molecular complexity index is 815. The van der Waals surface area contributed by atoms with Gasteiger partial charge in [0.05, 0.1) is 6.54 Å². The number of carbonyl (C=O) groups is 1. The van der Waals surface area contributed by atoms with Crippen molar-refractivity contribution in [3.8, 4) is 0 Å². The number of allylic oxidation sites excluding steroid dienone is 1. The van der Waals surface area contributed by atoms with Crippen LogP contribution in [-0.2, 0) is 16.8 Å².